The number of nitrogens with one attached hydrogen (secondary N) is 1. The molecule has 3 rings (SSSR count). The number of carbonyl (C=O) groups excluding carboxylic acids is 1. The molecule has 0 aliphatic rings. The number of ether oxygens (including phenoxy) is 1. The fraction of sp³-hybridized carbons (Fsp3) is 0.455. The molecule has 0 saturated heterocycles. The molecule has 0 saturated carbocycles. The van der Waals surface area contributed by atoms with Gasteiger partial charge < -0.3 is 10.1 Å². The van der Waals surface area contributed by atoms with Crippen molar-refractivity contribution in [3.8, 4) is 5.75 Å². The molecule has 3 aromatic rings. The highest BCUT2D eigenvalue weighted by Crippen LogP contribution is 2.18. The summed E-state index contributed by atoms with van der Waals surface area (Å²) in [5.74, 6) is 1.28. The van der Waals surface area contributed by atoms with E-state index < -0.39 is 0 Å². The second-order valence-electron chi connectivity index (χ2n) is 8.28. The van der Waals surface area contributed by atoms with E-state index in [1.165, 1.54) is 0 Å². The van der Waals surface area contributed by atoms with Crippen molar-refractivity contribution in [1.82, 2.24) is 24.6 Å². The molecule has 0 bridgehead atoms. The SMILES string of the molecule is COc1ccc(CCNC(=O)CCn2c(C)nc3c(cnn3C(C)(C)C)c2=O)cc1. The molecular weight excluding hydrogens is 382 g/mol. The number of hydrogen-bond donors (Lipinski definition) is 1. The maximum Gasteiger partial charge on any atom is 0.264 e. The number of aromatic nitrogens is 4. The quantitative estimate of drug-likeness (QED) is 0.645. The van der Waals surface area contributed by atoms with Crippen LogP contribution in [-0.2, 0) is 23.3 Å². The fourth-order valence-electron chi connectivity index (χ4n) is 3.30. The Bertz CT molecular complexity index is 1090. The van der Waals surface area contributed by atoms with Crippen LogP contribution in [0.1, 0.15) is 38.6 Å². The summed E-state index contributed by atoms with van der Waals surface area (Å²) in [7, 11) is 1.63. The van der Waals surface area contributed by atoms with Crippen LogP contribution >= 0.6 is 0 Å². The molecule has 2 heterocycles. The number of hydrogen-bond acceptors (Lipinski definition) is 5. The van der Waals surface area contributed by atoms with Gasteiger partial charge in [-0.05, 0) is 51.8 Å². The zero-order valence-electron chi connectivity index (χ0n) is 18.2. The molecule has 0 spiro atoms. The highest BCUT2D eigenvalue weighted by molar-refractivity contribution is 5.76. The normalized spacial score (nSPS) is 11.6. The van der Waals surface area contributed by atoms with E-state index in [0.29, 0.717) is 23.4 Å². The lowest BCUT2D eigenvalue weighted by Gasteiger charge is -2.20. The molecule has 160 valence electrons. The van der Waals surface area contributed by atoms with E-state index in [1.807, 2.05) is 45.0 Å². The van der Waals surface area contributed by atoms with Crippen molar-refractivity contribution < 1.29 is 9.53 Å². The standard InChI is InChI=1S/C22H29N5O3/c1-15-25-20-18(14-24-27(20)22(2,3)4)21(29)26(15)13-11-19(28)23-12-10-16-6-8-17(30-5)9-7-16/h6-9,14H,10-13H2,1-5H3,(H,23,28). The van der Waals surface area contributed by atoms with E-state index in [2.05, 4.69) is 15.4 Å². The molecule has 0 atom stereocenters. The Morgan fingerprint density at radius 1 is 1.20 bits per heavy atom. The summed E-state index contributed by atoms with van der Waals surface area (Å²) in [6.45, 7) is 8.63. The monoisotopic (exact) mass is 411 g/mol. The predicted octanol–water partition coefficient (Wildman–Crippen LogP) is 2.41. The minimum atomic E-state index is -0.274. The molecule has 8 nitrogen and oxygen atoms in total. The van der Waals surface area contributed by atoms with E-state index in [4.69, 9.17) is 4.74 Å². The Morgan fingerprint density at radius 3 is 2.53 bits per heavy atom. The molecule has 8 heteroatoms. The van der Waals surface area contributed by atoms with Gasteiger partial charge in [-0.3, -0.25) is 14.2 Å². The van der Waals surface area contributed by atoms with Crippen LogP contribution in [0.3, 0.4) is 0 Å². The number of methoxy groups -OCH3 is 1. The Balaban J connectivity index is 1.61. The van der Waals surface area contributed by atoms with Crippen molar-refractivity contribution in [3.05, 3.63) is 52.2 Å². The van der Waals surface area contributed by atoms with Crippen molar-refractivity contribution >= 4 is 16.9 Å². The molecule has 0 aliphatic carbocycles. The maximum atomic E-state index is 12.9. The molecule has 0 radical (unpaired) electrons. The van der Waals surface area contributed by atoms with E-state index in [-0.39, 0.29) is 30.0 Å². The van der Waals surface area contributed by atoms with Gasteiger partial charge in [0.2, 0.25) is 5.91 Å². The Hall–Kier alpha value is -3.16. The number of benzene rings is 1. The van der Waals surface area contributed by atoms with Gasteiger partial charge in [-0.25, -0.2) is 9.67 Å². The summed E-state index contributed by atoms with van der Waals surface area (Å²) in [5.41, 5.74) is 1.25. The summed E-state index contributed by atoms with van der Waals surface area (Å²) in [6, 6.07) is 7.76. The van der Waals surface area contributed by atoms with Crippen molar-refractivity contribution in [3.63, 3.8) is 0 Å². The minimum Gasteiger partial charge on any atom is -0.497 e. The number of rotatable bonds is 7. The highest BCUT2D eigenvalue weighted by Gasteiger charge is 2.21. The fourth-order valence-corrected chi connectivity index (χ4v) is 3.30. The van der Waals surface area contributed by atoms with Gasteiger partial charge in [0.1, 0.15) is 17.0 Å². The Labute approximate surface area is 175 Å². The van der Waals surface area contributed by atoms with Crippen LogP contribution in [0.15, 0.2) is 35.3 Å². The summed E-state index contributed by atoms with van der Waals surface area (Å²) in [4.78, 5) is 29.7. The van der Waals surface area contributed by atoms with Crippen molar-refractivity contribution in [1.29, 1.82) is 0 Å². The van der Waals surface area contributed by atoms with E-state index >= 15 is 0 Å². The number of aryl methyl sites for hydroxylation is 1. The van der Waals surface area contributed by atoms with Crippen LogP contribution in [0.25, 0.3) is 11.0 Å². The minimum absolute atomic E-state index is 0.0969. The maximum absolute atomic E-state index is 12.9. The molecule has 2 aromatic heterocycles. The summed E-state index contributed by atoms with van der Waals surface area (Å²) in [5, 5.41) is 7.71. The van der Waals surface area contributed by atoms with Gasteiger partial charge in [-0.1, -0.05) is 12.1 Å². The van der Waals surface area contributed by atoms with Crippen LogP contribution in [-0.4, -0.2) is 38.9 Å². The molecule has 0 aliphatic heterocycles. The molecule has 1 amide bonds. The molecule has 0 unspecified atom stereocenters. The lowest BCUT2D eigenvalue weighted by Crippen LogP contribution is -2.30. The first-order valence-corrected chi connectivity index (χ1v) is 10.1. The van der Waals surface area contributed by atoms with Gasteiger partial charge in [0.25, 0.3) is 5.56 Å². The first-order valence-electron chi connectivity index (χ1n) is 10.1. The average molecular weight is 412 g/mol. The third kappa shape index (κ3) is 4.69. The Morgan fingerprint density at radius 2 is 1.90 bits per heavy atom. The van der Waals surface area contributed by atoms with E-state index in [9.17, 15) is 9.59 Å². The first-order chi connectivity index (χ1) is 14.2. The van der Waals surface area contributed by atoms with Gasteiger partial charge in [0.05, 0.1) is 18.8 Å². The molecule has 1 aromatic carbocycles. The van der Waals surface area contributed by atoms with Crippen molar-refractivity contribution in [2.24, 2.45) is 0 Å². The number of nitrogens with zero attached hydrogens (tertiary/aromatic N) is 4. The lowest BCUT2D eigenvalue weighted by molar-refractivity contribution is -0.121. The molecular formula is C22H29N5O3. The van der Waals surface area contributed by atoms with Crippen LogP contribution in [0.4, 0.5) is 0 Å². The van der Waals surface area contributed by atoms with Gasteiger partial charge in [0.15, 0.2) is 5.65 Å². The van der Waals surface area contributed by atoms with Gasteiger partial charge in [-0.2, -0.15) is 5.10 Å². The molecule has 30 heavy (non-hydrogen) atoms. The van der Waals surface area contributed by atoms with Crippen molar-refractivity contribution in [2.45, 2.75) is 52.6 Å². The lowest BCUT2D eigenvalue weighted by atomic mass is 10.1. The first kappa shape index (κ1) is 21.5. The van der Waals surface area contributed by atoms with Gasteiger partial charge >= 0.3 is 0 Å². The Kier molecular flexibility index (Phi) is 6.24. The zero-order valence-corrected chi connectivity index (χ0v) is 18.2. The van der Waals surface area contributed by atoms with E-state index in [0.717, 1.165) is 17.7 Å². The summed E-state index contributed by atoms with van der Waals surface area (Å²) >= 11 is 0. The topological polar surface area (TPSA) is 91.0 Å². The predicted molar refractivity (Wildman–Crippen MR) is 116 cm³/mol. The van der Waals surface area contributed by atoms with E-state index in [1.54, 1.807) is 29.5 Å². The summed E-state index contributed by atoms with van der Waals surface area (Å²) in [6.07, 6.45) is 2.50. The average Bonchev–Trinajstić information content (AvgIpc) is 3.12. The van der Waals surface area contributed by atoms with Gasteiger partial charge in [-0.15, -0.1) is 0 Å². The van der Waals surface area contributed by atoms with Crippen LogP contribution in [0, 0.1) is 6.92 Å². The second kappa shape index (κ2) is 8.69. The van der Waals surface area contributed by atoms with Crippen LogP contribution < -0.4 is 15.6 Å². The molecule has 1 N–H and O–H groups in total. The zero-order chi connectivity index (χ0) is 21.9. The third-order valence-electron chi connectivity index (χ3n) is 4.97. The van der Waals surface area contributed by atoms with Crippen LogP contribution in [0.5, 0.6) is 5.75 Å². The number of amides is 1. The number of fused-ring (bicyclic) bond motifs is 1. The number of carbonyl (C=O) groups is 1. The second-order valence-corrected chi connectivity index (χ2v) is 8.28. The van der Waals surface area contributed by atoms with Crippen molar-refractivity contribution in [2.75, 3.05) is 13.7 Å². The van der Waals surface area contributed by atoms with Crippen LogP contribution in [0.2, 0.25) is 0 Å². The third-order valence-corrected chi connectivity index (χ3v) is 4.97. The molecule has 0 fully saturated rings. The summed E-state index contributed by atoms with van der Waals surface area (Å²) < 4.78 is 8.44. The highest BCUT2D eigenvalue weighted by atomic mass is 16.5. The van der Waals surface area contributed by atoms with Gasteiger partial charge in [0, 0.05) is 19.5 Å². The largest absolute Gasteiger partial charge is 0.497 e. The smallest absolute Gasteiger partial charge is 0.264 e.